The van der Waals surface area contributed by atoms with Crippen LogP contribution in [0.25, 0.3) is 0 Å². The number of pyridine rings is 1. The van der Waals surface area contributed by atoms with Gasteiger partial charge >= 0.3 is 0 Å². The second-order valence-corrected chi connectivity index (χ2v) is 13.0. The fourth-order valence-corrected chi connectivity index (χ4v) is 7.75. The first kappa shape index (κ1) is 27.7. The highest BCUT2D eigenvalue weighted by atomic mass is 16.5. The molecule has 6 rings (SSSR count). The predicted molar refractivity (Wildman–Crippen MR) is 159 cm³/mol. The van der Waals surface area contributed by atoms with Crippen LogP contribution in [0.4, 0.5) is 0 Å². The number of likely N-dealkylation sites (tertiary alicyclic amines) is 2. The van der Waals surface area contributed by atoms with Crippen molar-refractivity contribution in [1.82, 2.24) is 19.7 Å². The first-order valence-electron chi connectivity index (χ1n) is 16.0. The highest BCUT2D eigenvalue weighted by molar-refractivity contribution is 5.80. The molecule has 2 aromatic rings. The van der Waals surface area contributed by atoms with E-state index in [-0.39, 0.29) is 11.3 Å². The Balaban J connectivity index is 1.10. The Morgan fingerprint density at radius 1 is 0.925 bits per heavy atom. The monoisotopic (exact) mass is 544 g/mol. The van der Waals surface area contributed by atoms with Gasteiger partial charge in [-0.05, 0) is 73.6 Å². The van der Waals surface area contributed by atoms with Crippen molar-refractivity contribution in [2.75, 3.05) is 45.9 Å². The lowest BCUT2D eigenvalue weighted by Crippen LogP contribution is -2.59. The summed E-state index contributed by atoms with van der Waals surface area (Å²) in [5, 5.41) is 0. The van der Waals surface area contributed by atoms with Gasteiger partial charge in [0.15, 0.2) is 0 Å². The molecular weight excluding hydrogens is 496 g/mol. The highest BCUT2D eigenvalue weighted by Gasteiger charge is 2.42. The van der Waals surface area contributed by atoms with Crippen LogP contribution < -0.4 is 4.74 Å². The summed E-state index contributed by atoms with van der Waals surface area (Å²) >= 11 is 0. The smallest absolute Gasteiger partial charge is 0.228 e. The number of hydrogen-bond acceptors (Lipinski definition) is 5. The molecular formula is C34H48N4O2. The number of aromatic nitrogens is 1. The number of carbonyl (C=O) groups excluding carboxylic acids is 1. The Morgan fingerprint density at radius 3 is 2.55 bits per heavy atom. The number of aryl methyl sites for hydroxylation is 1. The summed E-state index contributed by atoms with van der Waals surface area (Å²) in [4.78, 5) is 25.3. The van der Waals surface area contributed by atoms with Crippen LogP contribution in [0.2, 0.25) is 0 Å². The van der Waals surface area contributed by atoms with Gasteiger partial charge in [-0.2, -0.15) is 0 Å². The van der Waals surface area contributed by atoms with Crippen LogP contribution in [-0.4, -0.2) is 77.5 Å². The molecule has 2 saturated heterocycles. The summed E-state index contributed by atoms with van der Waals surface area (Å²) in [7, 11) is 0. The third-order valence-corrected chi connectivity index (χ3v) is 10.2. The van der Waals surface area contributed by atoms with Crippen molar-refractivity contribution >= 4 is 5.91 Å². The van der Waals surface area contributed by atoms with E-state index in [9.17, 15) is 4.79 Å². The number of carbonyl (C=O) groups is 1. The normalized spacial score (nSPS) is 23.9. The molecule has 6 heteroatoms. The zero-order chi connectivity index (χ0) is 27.2. The second-order valence-electron chi connectivity index (χ2n) is 13.0. The molecule has 3 fully saturated rings. The van der Waals surface area contributed by atoms with Gasteiger partial charge in [0.1, 0.15) is 12.4 Å². The Hall–Kier alpha value is -2.44. The number of para-hydroxylation sites is 1. The van der Waals surface area contributed by atoms with E-state index in [1.54, 1.807) is 0 Å². The minimum Gasteiger partial charge on any atom is -0.492 e. The van der Waals surface area contributed by atoms with Gasteiger partial charge in [0.25, 0.3) is 0 Å². The summed E-state index contributed by atoms with van der Waals surface area (Å²) in [5.74, 6) is 1.70. The standard InChI is InChI=1S/C34H48N4O2/c39-33(30-25-38(26-30)31-12-2-1-3-13-31)37-19-16-34(17-20-37)15-7-6-11-29-10-4-5-14-32(29)40-22-21-36(27-34)24-28-9-8-18-35-23-28/h4-5,8-10,14,18,23,30-31H,1-3,6-7,11-13,15-17,19-22,24-27H2. The van der Waals surface area contributed by atoms with E-state index in [4.69, 9.17) is 4.74 Å². The molecule has 0 N–H and O–H groups in total. The molecule has 216 valence electrons. The molecule has 40 heavy (non-hydrogen) atoms. The lowest BCUT2D eigenvalue weighted by molar-refractivity contribution is -0.145. The molecule has 4 aliphatic rings. The Kier molecular flexibility index (Phi) is 9.03. The zero-order valence-electron chi connectivity index (χ0n) is 24.3. The van der Waals surface area contributed by atoms with Crippen LogP contribution in [0.15, 0.2) is 48.8 Å². The molecule has 3 aliphatic heterocycles. The van der Waals surface area contributed by atoms with Crippen molar-refractivity contribution in [2.24, 2.45) is 11.3 Å². The summed E-state index contributed by atoms with van der Waals surface area (Å²) in [6.07, 6.45) is 17.6. The molecule has 1 amide bonds. The van der Waals surface area contributed by atoms with Crippen LogP contribution in [0.1, 0.15) is 75.3 Å². The van der Waals surface area contributed by atoms with Gasteiger partial charge in [-0.1, -0.05) is 49.9 Å². The largest absolute Gasteiger partial charge is 0.492 e. The minimum atomic E-state index is 0.228. The van der Waals surface area contributed by atoms with Crippen LogP contribution in [0, 0.1) is 11.3 Å². The maximum Gasteiger partial charge on any atom is 0.228 e. The first-order valence-corrected chi connectivity index (χ1v) is 16.0. The lowest BCUT2D eigenvalue weighted by atomic mass is 9.73. The lowest BCUT2D eigenvalue weighted by Gasteiger charge is -2.49. The quantitative estimate of drug-likeness (QED) is 0.504. The third kappa shape index (κ3) is 6.71. The summed E-state index contributed by atoms with van der Waals surface area (Å²) in [5.41, 5.74) is 2.84. The average Bonchev–Trinajstić information content (AvgIpc) is 2.96. The molecule has 1 saturated carbocycles. The van der Waals surface area contributed by atoms with Crippen molar-refractivity contribution in [2.45, 2.75) is 83.2 Å². The minimum absolute atomic E-state index is 0.228. The third-order valence-electron chi connectivity index (χ3n) is 10.2. The van der Waals surface area contributed by atoms with E-state index < -0.39 is 0 Å². The molecule has 1 spiro atoms. The molecule has 0 radical (unpaired) electrons. The Labute approximate surface area is 241 Å². The van der Waals surface area contributed by atoms with Crippen LogP contribution in [0.5, 0.6) is 5.75 Å². The van der Waals surface area contributed by atoms with Gasteiger partial charge < -0.3 is 9.64 Å². The summed E-state index contributed by atoms with van der Waals surface area (Å²) < 4.78 is 6.34. The first-order chi connectivity index (χ1) is 19.7. The van der Waals surface area contributed by atoms with Gasteiger partial charge in [0.05, 0.1) is 5.92 Å². The van der Waals surface area contributed by atoms with Crippen molar-refractivity contribution in [3.63, 3.8) is 0 Å². The molecule has 1 aliphatic carbocycles. The summed E-state index contributed by atoms with van der Waals surface area (Å²) in [6, 6.07) is 13.5. The number of piperidine rings is 1. The Bertz CT molecular complexity index is 1090. The average molecular weight is 545 g/mol. The number of fused-ring (bicyclic) bond motifs is 1. The maximum absolute atomic E-state index is 13.5. The Morgan fingerprint density at radius 2 is 1.75 bits per heavy atom. The van der Waals surface area contributed by atoms with Gasteiger partial charge in [0.2, 0.25) is 5.91 Å². The van der Waals surface area contributed by atoms with Crippen molar-refractivity contribution in [3.05, 3.63) is 59.9 Å². The fraction of sp³-hybridized carbons (Fsp3) is 0.647. The van der Waals surface area contributed by atoms with Crippen LogP contribution >= 0.6 is 0 Å². The van der Waals surface area contributed by atoms with Crippen LogP contribution in [-0.2, 0) is 17.8 Å². The van der Waals surface area contributed by atoms with E-state index in [1.165, 1.54) is 62.5 Å². The van der Waals surface area contributed by atoms with Crippen molar-refractivity contribution < 1.29 is 9.53 Å². The van der Waals surface area contributed by atoms with Gasteiger partial charge in [-0.3, -0.25) is 19.6 Å². The molecule has 0 atom stereocenters. The van der Waals surface area contributed by atoms with E-state index in [0.29, 0.717) is 12.5 Å². The van der Waals surface area contributed by atoms with Gasteiger partial charge in [-0.15, -0.1) is 0 Å². The van der Waals surface area contributed by atoms with Crippen molar-refractivity contribution in [1.29, 1.82) is 0 Å². The predicted octanol–water partition coefficient (Wildman–Crippen LogP) is 5.56. The van der Waals surface area contributed by atoms with Crippen molar-refractivity contribution in [3.8, 4) is 5.75 Å². The fourth-order valence-electron chi connectivity index (χ4n) is 7.75. The highest BCUT2D eigenvalue weighted by Crippen LogP contribution is 2.40. The molecule has 1 aromatic carbocycles. The number of benzene rings is 1. The number of ether oxygens (including phenoxy) is 1. The summed E-state index contributed by atoms with van der Waals surface area (Å²) in [6.45, 7) is 7.36. The molecule has 4 heterocycles. The number of hydrogen-bond donors (Lipinski definition) is 0. The van der Waals surface area contributed by atoms with Crippen LogP contribution in [0.3, 0.4) is 0 Å². The second kappa shape index (κ2) is 13.0. The molecule has 6 nitrogen and oxygen atoms in total. The molecule has 0 unspecified atom stereocenters. The van der Waals surface area contributed by atoms with E-state index in [2.05, 4.69) is 50.0 Å². The van der Waals surface area contributed by atoms with Gasteiger partial charge in [-0.25, -0.2) is 0 Å². The maximum atomic E-state index is 13.5. The molecule has 0 bridgehead atoms. The van der Waals surface area contributed by atoms with E-state index in [1.807, 2.05) is 18.5 Å². The SMILES string of the molecule is O=C(C1CN(C2CCCCC2)C1)N1CCC2(CCCCc3ccccc3OCCN(Cc3cccnc3)C2)CC1. The van der Waals surface area contributed by atoms with E-state index in [0.717, 1.165) is 76.9 Å². The number of rotatable bonds is 4. The van der Waals surface area contributed by atoms with Gasteiger partial charge in [0, 0.05) is 64.2 Å². The number of amides is 1. The zero-order valence-corrected chi connectivity index (χ0v) is 24.3. The molecule has 1 aromatic heterocycles. The topological polar surface area (TPSA) is 48.9 Å². The number of nitrogens with zero attached hydrogens (tertiary/aromatic N) is 4. The van der Waals surface area contributed by atoms with E-state index >= 15 is 0 Å².